The van der Waals surface area contributed by atoms with Gasteiger partial charge in [-0.1, -0.05) is 12.5 Å². The van der Waals surface area contributed by atoms with Crippen LogP contribution in [0, 0.1) is 5.41 Å². The lowest BCUT2D eigenvalue weighted by Crippen LogP contribution is -2.38. The second-order valence-electron chi connectivity index (χ2n) is 5.76. The molecule has 1 aliphatic carbocycles. The lowest BCUT2D eigenvalue weighted by Gasteiger charge is -2.40. The Morgan fingerprint density at radius 2 is 2.38 bits per heavy atom. The van der Waals surface area contributed by atoms with Crippen LogP contribution in [0.2, 0.25) is 0 Å². The summed E-state index contributed by atoms with van der Waals surface area (Å²) in [6, 6.07) is 4.23. The van der Waals surface area contributed by atoms with E-state index in [1.165, 1.54) is 24.1 Å². The minimum atomic E-state index is 0.342. The van der Waals surface area contributed by atoms with Crippen LogP contribution in [-0.2, 0) is 11.2 Å². The molecule has 0 bridgehead atoms. The van der Waals surface area contributed by atoms with Gasteiger partial charge in [-0.15, -0.1) is 11.3 Å². The predicted octanol–water partition coefficient (Wildman–Crippen LogP) is 2.79. The minimum absolute atomic E-state index is 0.342. The maximum Gasteiger partial charge on any atom is 0.188 e. The van der Waals surface area contributed by atoms with Gasteiger partial charge in [-0.3, -0.25) is 4.99 Å². The van der Waals surface area contributed by atoms with Crippen LogP contribution in [0.4, 0.5) is 0 Å². The highest BCUT2D eigenvalue weighted by atomic mass is 32.1. The number of nitrogens with zero attached hydrogens (tertiary/aromatic N) is 1. The van der Waals surface area contributed by atoms with Crippen molar-refractivity contribution in [3.8, 4) is 0 Å². The van der Waals surface area contributed by atoms with Crippen LogP contribution in [0.5, 0.6) is 0 Å². The quantitative estimate of drug-likeness (QED) is 0.419. The molecular weight excluding hydrogens is 282 g/mol. The highest BCUT2D eigenvalue weighted by Crippen LogP contribution is 2.44. The molecule has 0 aromatic carbocycles. The van der Waals surface area contributed by atoms with Crippen LogP contribution in [0.25, 0.3) is 0 Å². The van der Waals surface area contributed by atoms with Crippen molar-refractivity contribution in [2.75, 3.05) is 26.3 Å². The topological polar surface area (TPSA) is 59.6 Å². The summed E-state index contributed by atoms with van der Waals surface area (Å²) in [5.41, 5.74) is 6.31. The van der Waals surface area contributed by atoms with Gasteiger partial charge in [0.25, 0.3) is 0 Å². The number of nitrogens with two attached hydrogens (primary N) is 1. The summed E-state index contributed by atoms with van der Waals surface area (Å²) in [5, 5.41) is 5.31. The Hall–Kier alpha value is -1.07. The maximum absolute atomic E-state index is 5.97. The highest BCUT2D eigenvalue weighted by molar-refractivity contribution is 7.09. The first-order valence-electron chi connectivity index (χ1n) is 7.88. The van der Waals surface area contributed by atoms with Crippen molar-refractivity contribution in [2.24, 2.45) is 16.1 Å². The summed E-state index contributed by atoms with van der Waals surface area (Å²) < 4.78 is 5.48. The Morgan fingerprint density at radius 1 is 1.52 bits per heavy atom. The monoisotopic (exact) mass is 309 g/mol. The Balaban J connectivity index is 1.68. The van der Waals surface area contributed by atoms with Crippen LogP contribution >= 0.6 is 11.3 Å². The molecule has 0 amide bonds. The van der Waals surface area contributed by atoms with E-state index in [4.69, 9.17) is 10.5 Å². The number of aliphatic imine (C=N–C) groups is 1. The van der Waals surface area contributed by atoms with Gasteiger partial charge >= 0.3 is 0 Å². The van der Waals surface area contributed by atoms with Gasteiger partial charge in [0.2, 0.25) is 0 Å². The highest BCUT2D eigenvalue weighted by Gasteiger charge is 2.36. The maximum atomic E-state index is 5.97. The molecule has 21 heavy (non-hydrogen) atoms. The van der Waals surface area contributed by atoms with Gasteiger partial charge in [-0.25, -0.2) is 0 Å². The Morgan fingerprint density at radius 3 is 3.00 bits per heavy atom. The van der Waals surface area contributed by atoms with Gasteiger partial charge in [0.05, 0.1) is 0 Å². The van der Waals surface area contributed by atoms with Crippen LogP contribution in [0.3, 0.4) is 0 Å². The Labute approximate surface area is 131 Å². The van der Waals surface area contributed by atoms with Gasteiger partial charge in [0.1, 0.15) is 0 Å². The van der Waals surface area contributed by atoms with E-state index in [2.05, 4.69) is 27.8 Å². The van der Waals surface area contributed by atoms with Crippen LogP contribution < -0.4 is 11.1 Å². The van der Waals surface area contributed by atoms with Gasteiger partial charge < -0.3 is 15.8 Å². The van der Waals surface area contributed by atoms with E-state index >= 15 is 0 Å². The zero-order valence-electron chi connectivity index (χ0n) is 12.9. The van der Waals surface area contributed by atoms with Crippen molar-refractivity contribution < 1.29 is 4.74 Å². The van der Waals surface area contributed by atoms with E-state index in [0.717, 1.165) is 39.1 Å². The third-order valence-electron chi connectivity index (χ3n) is 4.24. The summed E-state index contributed by atoms with van der Waals surface area (Å²) in [4.78, 5) is 5.92. The number of hydrogen-bond donors (Lipinski definition) is 2. The van der Waals surface area contributed by atoms with E-state index in [9.17, 15) is 0 Å². The molecule has 1 heterocycles. The number of nitrogens with one attached hydrogen (secondary N) is 1. The zero-order valence-corrected chi connectivity index (χ0v) is 13.8. The summed E-state index contributed by atoms with van der Waals surface area (Å²) in [6.45, 7) is 5.37. The summed E-state index contributed by atoms with van der Waals surface area (Å²) in [5.74, 6) is 0.578. The fourth-order valence-corrected chi connectivity index (χ4v) is 3.38. The van der Waals surface area contributed by atoms with Crippen LogP contribution in [0.1, 0.15) is 37.5 Å². The van der Waals surface area contributed by atoms with E-state index < -0.39 is 0 Å². The lowest BCUT2D eigenvalue weighted by molar-refractivity contribution is 0.0609. The molecule has 0 unspecified atom stereocenters. The van der Waals surface area contributed by atoms with Crippen molar-refractivity contribution in [3.05, 3.63) is 22.4 Å². The average molecular weight is 309 g/mol. The first kappa shape index (κ1) is 16.3. The first-order valence-corrected chi connectivity index (χ1v) is 8.76. The molecular formula is C16H27N3OS. The summed E-state index contributed by atoms with van der Waals surface area (Å²) in [6.07, 6.45) is 5.93. The minimum Gasteiger partial charge on any atom is -0.382 e. The molecule has 1 fully saturated rings. The largest absolute Gasteiger partial charge is 0.382 e. The molecule has 1 saturated carbocycles. The van der Waals surface area contributed by atoms with E-state index in [0.29, 0.717) is 11.4 Å². The van der Waals surface area contributed by atoms with Gasteiger partial charge in [-0.2, -0.15) is 0 Å². The average Bonchev–Trinajstić information content (AvgIpc) is 2.94. The fourth-order valence-electron chi connectivity index (χ4n) is 2.67. The normalized spacial score (nSPS) is 17.5. The van der Waals surface area contributed by atoms with E-state index in [-0.39, 0.29) is 0 Å². The summed E-state index contributed by atoms with van der Waals surface area (Å²) in [7, 11) is 0. The molecule has 1 aliphatic rings. The third kappa shape index (κ3) is 5.32. The number of guanidine groups is 1. The molecule has 0 spiro atoms. The molecule has 1 aromatic heterocycles. The third-order valence-corrected chi connectivity index (χ3v) is 5.17. The Kier molecular flexibility index (Phi) is 6.51. The fraction of sp³-hybridized carbons (Fsp3) is 0.688. The smallest absolute Gasteiger partial charge is 0.188 e. The van der Waals surface area contributed by atoms with Crippen molar-refractivity contribution in [1.29, 1.82) is 0 Å². The van der Waals surface area contributed by atoms with E-state index in [1.54, 1.807) is 11.3 Å². The number of hydrogen-bond acceptors (Lipinski definition) is 3. The molecule has 4 nitrogen and oxygen atoms in total. The molecule has 0 saturated heterocycles. The first-order chi connectivity index (χ1) is 10.2. The number of rotatable bonds is 9. The standard InChI is InChI=1S/C16H27N3OS/c1-2-20-11-9-16(7-4-8-16)13-19-15(17)18-10-6-14-5-3-12-21-14/h3,5,12H,2,4,6-11,13H2,1H3,(H3,17,18,19). The molecule has 0 atom stereocenters. The number of ether oxygens (including phenoxy) is 1. The second-order valence-corrected chi connectivity index (χ2v) is 6.79. The molecule has 5 heteroatoms. The molecule has 118 valence electrons. The second kappa shape index (κ2) is 8.39. The van der Waals surface area contributed by atoms with Crippen molar-refractivity contribution in [1.82, 2.24) is 5.32 Å². The van der Waals surface area contributed by atoms with Crippen molar-refractivity contribution >= 4 is 17.3 Å². The van der Waals surface area contributed by atoms with E-state index in [1.807, 2.05) is 6.92 Å². The summed E-state index contributed by atoms with van der Waals surface area (Å²) >= 11 is 1.78. The van der Waals surface area contributed by atoms with Gasteiger partial charge in [-0.05, 0) is 49.5 Å². The zero-order chi connectivity index (χ0) is 15.0. The van der Waals surface area contributed by atoms with Crippen LogP contribution in [0.15, 0.2) is 22.5 Å². The molecule has 2 rings (SSSR count). The van der Waals surface area contributed by atoms with Crippen molar-refractivity contribution in [2.45, 2.75) is 39.0 Å². The molecule has 0 aliphatic heterocycles. The van der Waals surface area contributed by atoms with Gasteiger partial charge in [0.15, 0.2) is 5.96 Å². The van der Waals surface area contributed by atoms with Crippen LogP contribution in [-0.4, -0.2) is 32.3 Å². The predicted molar refractivity (Wildman–Crippen MR) is 89.9 cm³/mol. The van der Waals surface area contributed by atoms with Crippen molar-refractivity contribution in [3.63, 3.8) is 0 Å². The number of thiophene rings is 1. The SMILES string of the molecule is CCOCCC1(CN=C(N)NCCc2cccs2)CCC1. The lowest BCUT2D eigenvalue weighted by atomic mass is 9.67. The molecule has 3 N–H and O–H groups in total. The molecule has 1 aromatic rings. The molecule has 0 radical (unpaired) electrons. The Bertz CT molecular complexity index is 427. The van der Waals surface area contributed by atoms with Gasteiger partial charge in [0, 0.05) is 31.2 Å².